The number of amides is 1. The topological polar surface area (TPSA) is 89.1 Å². The summed E-state index contributed by atoms with van der Waals surface area (Å²) in [6.45, 7) is 0. The standard InChI is InChI=1S/C23H19BrN4O3/c1-30-18-5-3-4-15(12-18)20-21(16-10-11-25-19(24)13-16)28-22(27-20)14-6-8-17(9-7-14)26-23(29)31-2/h3-13H,1-2H3,(H,26,29)(H,27,28). The highest BCUT2D eigenvalue weighted by Gasteiger charge is 2.16. The first-order valence-electron chi connectivity index (χ1n) is 9.39. The molecule has 4 rings (SSSR count). The van der Waals surface area contributed by atoms with Crippen LogP contribution in [0.5, 0.6) is 5.75 Å². The third-order valence-corrected chi connectivity index (χ3v) is 5.09. The molecule has 0 aliphatic rings. The molecule has 0 bridgehead atoms. The first kappa shape index (κ1) is 20.6. The summed E-state index contributed by atoms with van der Waals surface area (Å²) >= 11 is 3.44. The summed E-state index contributed by atoms with van der Waals surface area (Å²) in [5, 5.41) is 2.64. The van der Waals surface area contributed by atoms with E-state index in [-0.39, 0.29) is 0 Å². The number of hydrogen-bond acceptors (Lipinski definition) is 5. The van der Waals surface area contributed by atoms with Crippen molar-refractivity contribution < 1.29 is 14.3 Å². The van der Waals surface area contributed by atoms with Gasteiger partial charge in [0.2, 0.25) is 0 Å². The molecule has 4 aromatic rings. The van der Waals surface area contributed by atoms with Crippen LogP contribution >= 0.6 is 15.9 Å². The third kappa shape index (κ3) is 4.59. The Morgan fingerprint density at radius 2 is 1.81 bits per heavy atom. The van der Waals surface area contributed by atoms with Gasteiger partial charge in [-0.05, 0) is 64.5 Å². The molecule has 156 valence electrons. The van der Waals surface area contributed by atoms with Crippen LogP contribution in [0.25, 0.3) is 33.9 Å². The van der Waals surface area contributed by atoms with Crippen LogP contribution in [0, 0.1) is 0 Å². The number of nitrogens with one attached hydrogen (secondary N) is 2. The molecule has 2 heterocycles. The smallest absolute Gasteiger partial charge is 0.411 e. The first-order valence-corrected chi connectivity index (χ1v) is 10.2. The summed E-state index contributed by atoms with van der Waals surface area (Å²) in [5.74, 6) is 1.45. The van der Waals surface area contributed by atoms with E-state index < -0.39 is 6.09 Å². The summed E-state index contributed by atoms with van der Waals surface area (Å²) < 4.78 is 10.7. The van der Waals surface area contributed by atoms with Crippen molar-refractivity contribution in [3.05, 3.63) is 71.5 Å². The minimum atomic E-state index is -0.517. The molecule has 7 nitrogen and oxygen atoms in total. The normalized spacial score (nSPS) is 10.5. The number of anilines is 1. The lowest BCUT2D eigenvalue weighted by Crippen LogP contribution is -2.10. The van der Waals surface area contributed by atoms with Gasteiger partial charge in [-0.25, -0.2) is 14.8 Å². The van der Waals surface area contributed by atoms with Crippen LogP contribution in [0.1, 0.15) is 0 Å². The van der Waals surface area contributed by atoms with Gasteiger partial charge < -0.3 is 14.5 Å². The molecule has 0 aliphatic heterocycles. The van der Waals surface area contributed by atoms with E-state index in [1.807, 2.05) is 48.5 Å². The zero-order valence-corrected chi connectivity index (χ0v) is 18.4. The van der Waals surface area contributed by atoms with Gasteiger partial charge in [-0.2, -0.15) is 0 Å². The molecular formula is C23H19BrN4O3. The van der Waals surface area contributed by atoms with E-state index in [0.717, 1.165) is 38.4 Å². The van der Waals surface area contributed by atoms with Crippen LogP contribution in [0.2, 0.25) is 0 Å². The Bertz CT molecular complexity index is 1220. The molecule has 0 unspecified atom stereocenters. The maximum atomic E-state index is 11.4. The lowest BCUT2D eigenvalue weighted by Gasteiger charge is -2.05. The number of benzene rings is 2. The summed E-state index contributed by atoms with van der Waals surface area (Å²) in [7, 11) is 2.96. The number of aromatic nitrogens is 3. The second kappa shape index (κ2) is 9.01. The molecule has 0 saturated heterocycles. The largest absolute Gasteiger partial charge is 0.497 e. The molecule has 8 heteroatoms. The third-order valence-electron chi connectivity index (χ3n) is 4.65. The molecule has 0 saturated carbocycles. The van der Waals surface area contributed by atoms with Crippen LogP contribution < -0.4 is 10.1 Å². The van der Waals surface area contributed by atoms with E-state index in [1.54, 1.807) is 25.4 Å². The fraction of sp³-hybridized carbons (Fsp3) is 0.0870. The molecule has 2 aromatic heterocycles. The van der Waals surface area contributed by atoms with Crippen molar-refractivity contribution in [2.45, 2.75) is 0 Å². The van der Waals surface area contributed by atoms with Gasteiger partial charge in [-0.1, -0.05) is 12.1 Å². The quantitative estimate of drug-likeness (QED) is 0.356. The number of hydrogen-bond donors (Lipinski definition) is 2. The van der Waals surface area contributed by atoms with E-state index in [9.17, 15) is 4.79 Å². The molecule has 1 amide bonds. The number of ether oxygens (including phenoxy) is 2. The predicted octanol–water partition coefficient (Wildman–Crippen LogP) is 5.76. The van der Waals surface area contributed by atoms with Gasteiger partial charge >= 0.3 is 6.09 Å². The predicted molar refractivity (Wildman–Crippen MR) is 123 cm³/mol. The number of rotatable bonds is 5. The van der Waals surface area contributed by atoms with Crippen LogP contribution in [0.3, 0.4) is 0 Å². The van der Waals surface area contributed by atoms with Crippen molar-refractivity contribution >= 4 is 27.7 Å². The summed E-state index contributed by atoms with van der Waals surface area (Å²) in [5.41, 5.74) is 5.04. The fourth-order valence-electron chi connectivity index (χ4n) is 3.14. The minimum absolute atomic E-state index is 0.517. The molecule has 0 aliphatic carbocycles. The fourth-order valence-corrected chi connectivity index (χ4v) is 3.50. The molecule has 0 atom stereocenters. The van der Waals surface area contributed by atoms with Gasteiger partial charge in [0.05, 0.1) is 25.6 Å². The maximum absolute atomic E-state index is 11.4. The van der Waals surface area contributed by atoms with E-state index in [2.05, 4.69) is 36.0 Å². The van der Waals surface area contributed by atoms with Gasteiger partial charge in [-0.3, -0.25) is 5.32 Å². The van der Waals surface area contributed by atoms with Gasteiger partial charge in [0.15, 0.2) is 0 Å². The van der Waals surface area contributed by atoms with Crippen molar-refractivity contribution in [2.24, 2.45) is 0 Å². The van der Waals surface area contributed by atoms with Crippen molar-refractivity contribution in [3.63, 3.8) is 0 Å². The van der Waals surface area contributed by atoms with E-state index >= 15 is 0 Å². The number of aromatic amines is 1. The van der Waals surface area contributed by atoms with Crippen molar-refractivity contribution in [3.8, 4) is 39.7 Å². The zero-order valence-electron chi connectivity index (χ0n) is 16.8. The summed E-state index contributed by atoms with van der Waals surface area (Å²) in [6, 6.07) is 19.0. The number of nitrogens with zero attached hydrogens (tertiary/aromatic N) is 2. The highest BCUT2D eigenvalue weighted by molar-refractivity contribution is 9.10. The lowest BCUT2D eigenvalue weighted by atomic mass is 10.1. The zero-order chi connectivity index (χ0) is 21.8. The molecule has 0 fully saturated rings. The van der Waals surface area contributed by atoms with Crippen LogP contribution in [-0.4, -0.2) is 35.3 Å². The van der Waals surface area contributed by atoms with Gasteiger partial charge in [0.25, 0.3) is 0 Å². The van der Waals surface area contributed by atoms with E-state index in [1.165, 1.54) is 7.11 Å². The van der Waals surface area contributed by atoms with Crippen molar-refractivity contribution in [1.82, 2.24) is 15.0 Å². The maximum Gasteiger partial charge on any atom is 0.411 e. The Hall–Kier alpha value is -3.65. The Morgan fingerprint density at radius 1 is 1.00 bits per heavy atom. The summed E-state index contributed by atoms with van der Waals surface area (Å²) in [6.07, 6.45) is 1.22. The lowest BCUT2D eigenvalue weighted by molar-refractivity contribution is 0.187. The number of H-pyrrole nitrogens is 1. The number of carbonyl (C=O) groups excluding carboxylic acids is 1. The van der Waals surface area contributed by atoms with E-state index in [4.69, 9.17) is 9.72 Å². The summed E-state index contributed by atoms with van der Waals surface area (Å²) in [4.78, 5) is 23.9. The molecular weight excluding hydrogens is 460 g/mol. The molecule has 2 N–H and O–H groups in total. The minimum Gasteiger partial charge on any atom is -0.497 e. The number of pyridine rings is 1. The van der Waals surface area contributed by atoms with Gasteiger partial charge in [-0.15, -0.1) is 0 Å². The molecule has 0 radical (unpaired) electrons. The SMILES string of the molecule is COC(=O)Nc1ccc(-c2nc(-c3cccc(OC)c3)c(-c3ccnc(Br)c3)[nH]2)cc1. The monoisotopic (exact) mass is 478 g/mol. The van der Waals surface area contributed by atoms with Gasteiger partial charge in [0, 0.05) is 28.6 Å². The second-order valence-electron chi connectivity index (χ2n) is 6.60. The number of carbonyl (C=O) groups is 1. The average Bonchev–Trinajstić information content (AvgIpc) is 3.25. The van der Waals surface area contributed by atoms with Crippen molar-refractivity contribution in [1.29, 1.82) is 0 Å². The molecule has 2 aromatic carbocycles. The second-order valence-corrected chi connectivity index (χ2v) is 7.41. The molecule has 31 heavy (non-hydrogen) atoms. The van der Waals surface area contributed by atoms with Crippen LogP contribution in [0.15, 0.2) is 71.5 Å². The number of imidazole rings is 1. The highest BCUT2D eigenvalue weighted by atomic mass is 79.9. The average molecular weight is 479 g/mol. The molecule has 0 spiro atoms. The van der Waals surface area contributed by atoms with Crippen molar-refractivity contribution in [2.75, 3.05) is 19.5 Å². The number of halogens is 1. The Labute approximate surface area is 187 Å². The number of methoxy groups -OCH3 is 2. The van der Waals surface area contributed by atoms with Crippen LogP contribution in [0.4, 0.5) is 10.5 Å². The Morgan fingerprint density at radius 3 is 2.52 bits per heavy atom. The van der Waals surface area contributed by atoms with Crippen LogP contribution in [-0.2, 0) is 4.74 Å². The first-order chi connectivity index (χ1) is 15.1. The highest BCUT2D eigenvalue weighted by Crippen LogP contribution is 2.35. The van der Waals surface area contributed by atoms with Gasteiger partial charge in [0.1, 0.15) is 16.2 Å². The van der Waals surface area contributed by atoms with E-state index in [0.29, 0.717) is 11.5 Å². The Balaban J connectivity index is 1.78. The Kier molecular flexibility index (Phi) is 5.99.